The number of carbonyl (C=O) groups excluding carboxylic acids is 1. The number of rotatable bonds is 2. The van der Waals surface area contributed by atoms with E-state index in [2.05, 4.69) is 11.0 Å². The van der Waals surface area contributed by atoms with Gasteiger partial charge in [-0.2, -0.15) is 5.26 Å². The number of hydrogen-bond donors (Lipinski definition) is 0. The number of nitrogens with zero attached hydrogens (tertiary/aromatic N) is 2. The van der Waals surface area contributed by atoms with Crippen LogP contribution in [0.5, 0.6) is 0 Å². The van der Waals surface area contributed by atoms with E-state index < -0.39 is 0 Å². The Kier molecular flexibility index (Phi) is 3.43. The number of benzene rings is 1. The quantitative estimate of drug-likeness (QED) is 0.781. The molecule has 0 spiro atoms. The van der Waals surface area contributed by atoms with E-state index in [9.17, 15) is 4.79 Å². The molecule has 1 saturated heterocycles. The third kappa shape index (κ3) is 2.31. The van der Waals surface area contributed by atoms with Crippen molar-refractivity contribution in [2.75, 3.05) is 11.4 Å². The summed E-state index contributed by atoms with van der Waals surface area (Å²) in [6.07, 6.45) is 3.08. The minimum absolute atomic E-state index is 0.0572. The van der Waals surface area contributed by atoms with Crippen molar-refractivity contribution in [1.29, 1.82) is 5.26 Å². The highest BCUT2D eigenvalue weighted by Crippen LogP contribution is 2.27. The maximum absolute atomic E-state index is 11.7. The highest BCUT2D eigenvalue weighted by atomic mass is 16.1. The Morgan fingerprint density at radius 3 is 2.88 bits per heavy atom. The molecule has 1 unspecified atom stereocenters. The van der Waals surface area contributed by atoms with Crippen LogP contribution in [0.15, 0.2) is 24.3 Å². The Bertz CT molecular complexity index is 462. The predicted octanol–water partition coefficient (Wildman–Crippen LogP) is 2.51. The molecule has 1 heterocycles. The van der Waals surface area contributed by atoms with E-state index in [0.29, 0.717) is 5.56 Å². The largest absolute Gasteiger partial charge is 0.360 e. The van der Waals surface area contributed by atoms with E-state index in [1.54, 1.807) is 13.0 Å². The topological polar surface area (TPSA) is 44.1 Å². The molecule has 1 fully saturated rings. The number of anilines is 1. The van der Waals surface area contributed by atoms with Gasteiger partial charge >= 0.3 is 0 Å². The smallest absolute Gasteiger partial charge is 0.152 e. The summed E-state index contributed by atoms with van der Waals surface area (Å²) in [4.78, 5) is 13.7. The summed E-state index contributed by atoms with van der Waals surface area (Å²) in [6.45, 7) is 2.50. The van der Waals surface area contributed by atoms with Gasteiger partial charge in [0.05, 0.1) is 17.3 Å². The lowest BCUT2D eigenvalue weighted by Crippen LogP contribution is -2.44. The minimum Gasteiger partial charge on any atom is -0.360 e. The first-order chi connectivity index (χ1) is 8.24. The van der Waals surface area contributed by atoms with Gasteiger partial charge in [-0.05, 0) is 38.3 Å². The summed E-state index contributed by atoms with van der Waals surface area (Å²) in [5.74, 6) is 0.192. The maximum Gasteiger partial charge on any atom is 0.152 e. The Morgan fingerprint density at radius 1 is 1.41 bits per heavy atom. The van der Waals surface area contributed by atoms with Crippen LogP contribution >= 0.6 is 0 Å². The van der Waals surface area contributed by atoms with Crippen LogP contribution < -0.4 is 4.90 Å². The highest BCUT2D eigenvalue weighted by Gasteiger charge is 2.27. The number of Topliss-reactive ketones (excluding diaryl/α,β-unsaturated/α-hetero) is 1. The van der Waals surface area contributed by atoms with E-state index in [0.717, 1.165) is 31.5 Å². The van der Waals surface area contributed by atoms with Crippen LogP contribution in [0.4, 0.5) is 5.69 Å². The zero-order valence-corrected chi connectivity index (χ0v) is 10.0. The van der Waals surface area contributed by atoms with Gasteiger partial charge in [-0.15, -0.1) is 0 Å². The molecule has 1 aliphatic heterocycles. The number of nitriles is 1. The number of para-hydroxylation sites is 1. The van der Waals surface area contributed by atoms with Crippen LogP contribution in [-0.4, -0.2) is 18.4 Å². The fourth-order valence-corrected chi connectivity index (χ4v) is 2.46. The minimum atomic E-state index is -0.0572. The van der Waals surface area contributed by atoms with Gasteiger partial charge in [0.1, 0.15) is 6.07 Å². The molecule has 0 N–H and O–H groups in total. The molecule has 1 aliphatic rings. The molecule has 0 saturated carbocycles. The third-order valence-corrected chi connectivity index (χ3v) is 3.31. The second kappa shape index (κ2) is 5.01. The number of carbonyl (C=O) groups is 1. The number of ketones is 1. The molecular formula is C14H16N2O. The fourth-order valence-electron chi connectivity index (χ4n) is 2.46. The second-order valence-corrected chi connectivity index (χ2v) is 4.44. The SMILES string of the molecule is CC(=O)C1CCCCN1c1ccccc1C#N. The zero-order chi connectivity index (χ0) is 12.3. The molecule has 1 aromatic carbocycles. The van der Waals surface area contributed by atoms with Crippen LogP contribution in [0.25, 0.3) is 0 Å². The van der Waals surface area contributed by atoms with Crippen LogP contribution in [0.3, 0.4) is 0 Å². The van der Waals surface area contributed by atoms with Crippen molar-refractivity contribution in [1.82, 2.24) is 0 Å². The number of hydrogen-bond acceptors (Lipinski definition) is 3. The first kappa shape index (κ1) is 11.7. The lowest BCUT2D eigenvalue weighted by atomic mass is 9.97. The summed E-state index contributed by atoms with van der Waals surface area (Å²) in [5, 5.41) is 9.11. The molecule has 1 atom stereocenters. The molecule has 88 valence electrons. The fraction of sp³-hybridized carbons (Fsp3) is 0.429. The van der Waals surface area contributed by atoms with E-state index >= 15 is 0 Å². The van der Waals surface area contributed by atoms with Gasteiger partial charge in [0.2, 0.25) is 0 Å². The first-order valence-corrected chi connectivity index (χ1v) is 6.00. The molecule has 1 aromatic rings. The van der Waals surface area contributed by atoms with Crippen molar-refractivity contribution in [3.63, 3.8) is 0 Å². The van der Waals surface area contributed by atoms with Gasteiger partial charge in [0.25, 0.3) is 0 Å². The lowest BCUT2D eigenvalue weighted by molar-refractivity contribution is -0.118. The molecule has 17 heavy (non-hydrogen) atoms. The summed E-state index contributed by atoms with van der Waals surface area (Å²) in [6, 6.07) is 9.65. The summed E-state index contributed by atoms with van der Waals surface area (Å²) in [5.41, 5.74) is 1.55. The van der Waals surface area contributed by atoms with Crippen LogP contribution in [0.2, 0.25) is 0 Å². The van der Waals surface area contributed by atoms with Gasteiger partial charge in [0.15, 0.2) is 5.78 Å². The number of piperidine rings is 1. The second-order valence-electron chi connectivity index (χ2n) is 4.44. The molecule has 3 heteroatoms. The van der Waals surface area contributed by atoms with Crippen molar-refractivity contribution in [2.45, 2.75) is 32.2 Å². The van der Waals surface area contributed by atoms with Crippen LogP contribution in [0.1, 0.15) is 31.7 Å². The molecule has 0 aromatic heterocycles. The lowest BCUT2D eigenvalue weighted by Gasteiger charge is -2.36. The Labute approximate surface area is 102 Å². The Hall–Kier alpha value is -1.82. The van der Waals surface area contributed by atoms with Gasteiger partial charge in [-0.3, -0.25) is 4.79 Å². The van der Waals surface area contributed by atoms with Crippen molar-refractivity contribution >= 4 is 11.5 Å². The highest BCUT2D eigenvalue weighted by molar-refractivity contribution is 5.85. The molecular weight excluding hydrogens is 212 g/mol. The van der Waals surface area contributed by atoms with Gasteiger partial charge in [0, 0.05) is 6.54 Å². The molecule has 2 rings (SSSR count). The molecule has 0 aliphatic carbocycles. The van der Waals surface area contributed by atoms with Crippen molar-refractivity contribution in [3.05, 3.63) is 29.8 Å². The molecule has 0 bridgehead atoms. The van der Waals surface area contributed by atoms with E-state index in [-0.39, 0.29) is 11.8 Å². The van der Waals surface area contributed by atoms with Gasteiger partial charge in [-0.1, -0.05) is 12.1 Å². The van der Waals surface area contributed by atoms with Crippen molar-refractivity contribution in [3.8, 4) is 6.07 Å². The Balaban J connectivity index is 2.36. The zero-order valence-electron chi connectivity index (χ0n) is 10.0. The summed E-state index contributed by atoms with van der Waals surface area (Å²) >= 11 is 0. The van der Waals surface area contributed by atoms with E-state index in [1.165, 1.54) is 0 Å². The average molecular weight is 228 g/mol. The monoisotopic (exact) mass is 228 g/mol. The normalized spacial score (nSPS) is 19.8. The van der Waals surface area contributed by atoms with E-state index in [1.807, 2.05) is 18.2 Å². The molecule has 0 radical (unpaired) electrons. The van der Waals surface area contributed by atoms with Crippen molar-refractivity contribution in [2.24, 2.45) is 0 Å². The average Bonchev–Trinajstić information content (AvgIpc) is 2.38. The predicted molar refractivity (Wildman–Crippen MR) is 66.8 cm³/mol. The maximum atomic E-state index is 11.7. The van der Waals surface area contributed by atoms with E-state index in [4.69, 9.17) is 5.26 Å². The van der Waals surface area contributed by atoms with Gasteiger partial charge < -0.3 is 4.90 Å². The summed E-state index contributed by atoms with van der Waals surface area (Å²) in [7, 11) is 0. The van der Waals surface area contributed by atoms with Crippen molar-refractivity contribution < 1.29 is 4.79 Å². The summed E-state index contributed by atoms with van der Waals surface area (Å²) < 4.78 is 0. The van der Waals surface area contributed by atoms with Crippen LogP contribution in [0, 0.1) is 11.3 Å². The first-order valence-electron chi connectivity index (χ1n) is 6.00. The molecule has 0 amide bonds. The standard InChI is InChI=1S/C14H16N2O/c1-11(17)13-7-4-5-9-16(13)14-8-3-2-6-12(14)10-15/h2-3,6,8,13H,4-5,7,9H2,1H3. The third-order valence-electron chi connectivity index (χ3n) is 3.31. The molecule has 3 nitrogen and oxygen atoms in total. The Morgan fingerprint density at radius 2 is 2.18 bits per heavy atom. The van der Waals surface area contributed by atoms with Gasteiger partial charge in [-0.25, -0.2) is 0 Å². The van der Waals surface area contributed by atoms with Crippen LogP contribution in [-0.2, 0) is 4.79 Å².